The number of carbonyl (C=O) groups is 2. The number of nitrogens with one attached hydrogen (secondary N) is 3. The number of nitrogens with zero attached hydrogens (tertiary/aromatic N) is 1. The topological polar surface area (TPSA) is 73.5 Å². The largest absolute Gasteiger partial charge is 0.355 e. The second-order valence-electron chi connectivity index (χ2n) is 7.86. The lowest BCUT2D eigenvalue weighted by molar-refractivity contribution is -0.124. The van der Waals surface area contributed by atoms with Gasteiger partial charge in [-0.2, -0.15) is 0 Å². The van der Waals surface area contributed by atoms with Crippen molar-refractivity contribution in [3.8, 4) is 0 Å². The fourth-order valence-electron chi connectivity index (χ4n) is 3.99. The molecular weight excluding hydrogens is 395 g/mol. The molecule has 0 saturated carbocycles. The average molecular weight is 427 g/mol. The van der Waals surface area contributed by atoms with Gasteiger partial charge in [-0.3, -0.25) is 14.5 Å². The van der Waals surface area contributed by atoms with E-state index < -0.39 is 0 Å². The minimum Gasteiger partial charge on any atom is -0.355 e. The fourth-order valence-corrected chi connectivity index (χ4v) is 3.99. The van der Waals surface area contributed by atoms with Crippen LogP contribution < -0.4 is 16.0 Å². The van der Waals surface area contributed by atoms with E-state index in [0.717, 1.165) is 50.9 Å². The Bertz CT molecular complexity index is 653. The molecular formula is C21H32ClFN4O2. The molecule has 0 aromatic heterocycles. The second-order valence-corrected chi connectivity index (χ2v) is 7.86. The Morgan fingerprint density at radius 2 is 1.93 bits per heavy atom. The van der Waals surface area contributed by atoms with Crippen LogP contribution in [0.5, 0.6) is 0 Å². The van der Waals surface area contributed by atoms with Gasteiger partial charge in [-0.25, -0.2) is 4.39 Å². The lowest BCUT2D eigenvalue weighted by Gasteiger charge is -2.32. The molecule has 6 nitrogen and oxygen atoms in total. The van der Waals surface area contributed by atoms with Crippen LogP contribution in [0.2, 0.25) is 0 Å². The molecule has 2 aliphatic rings. The van der Waals surface area contributed by atoms with E-state index in [4.69, 9.17) is 0 Å². The molecule has 1 aromatic rings. The first-order chi connectivity index (χ1) is 13.6. The molecule has 2 aliphatic heterocycles. The first-order valence-corrected chi connectivity index (χ1v) is 10.3. The molecule has 2 heterocycles. The number of benzene rings is 1. The number of likely N-dealkylation sites (tertiary alicyclic amines) is 1. The van der Waals surface area contributed by atoms with E-state index in [-0.39, 0.29) is 36.1 Å². The highest BCUT2D eigenvalue weighted by Crippen LogP contribution is 2.15. The van der Waals surface area contributed by atoms with Crippen LogP contribution in [0.1, 0.15) is 31.2 Å². The molecule has 2 amide bonds. The number of rotatable bonds is 8. The maximum absolute atomic E-state index is 12.9. The standard InChI is InChI=1S/C21H31FN4O2.ClH/c22-18-7-5-16(6-8-18)9-11-24-20(27)15-26-12-2-3-17(14-26)13-25-21(28)19-4-1-10-23-19;/h5-8,17,19,23H,1-4,9-15H2,(H,24,27)(H,25,28);1H. The van der Waals surface area contributed by atoms with Gasteiger partial charge in [-0.15, -0.1) is 12.4 Å². The molecule has 29 heavy (non-hydrogen) atoms. The summed E-state index contributed by atoms with van der Waals surface area (Å²) in [7, 11) is 0. The molecule has 162 valence electrons. The summed E-state index contributed by atoms with van der Waals surface area (Å²) < 4.78 is 12.9. The molecule has 1 aromatic carbocycles. The second kappa shape index (κ2) is 12.1. The van der Waals surface area contributed by atoms with Crippen molar-refractivity contribution in [2.45, 2.75) is 38.1 Å². The van der Waals surface area contributed by atoms with Crippen molar-refractivity contribution in [3.63, 3.8) is 0 Å². The predicted molar refractivity (Wildman–Crippen MR) is 114 cm³/mol. The Labute approximate surface area is 178 Å². The van der Waals surface area contributed by atoms with Crippen LogP contribution in [-0.2, 0) is 16.0 Å². The van der Waals surface area contributed by atoms with Crippen LogP contribution in [0.3, 0.4) is 0 Å². The molecule has 0 radical (unpaired) electrons. The molecule has 2 saturated heterocycles. The highest BCUT2D eigenvalue weighted by molar-refractivity contribution is 5.85. The summed E-state index contributed by atoms with van der Waals surface area (Å²) in [6.07, 6.45) is 4.80. The smallest absolute Gasteiger partial charge is 0.237 e. The third-order valence-corrected chi connectivity index (χ3v) is 5.56. The monoisotopic (exact) mass is 426 g/mol. The summed E-state index contributed by atoms with van der Waals surface area (Å²) in [4.78, 5) is 26.5. The molecule has 3 rings (SSSR count). The lowest BCUT2D eigenvalue weighted by atomic mass is 9.98. The average Bonchev–Trinajstić information content (AvgIpc) is 3.23. The number of carbonyl (C=O) groups excluding carboxylic acids is 2. The van der Waals surface area contributed by atoms with Gasteiger partial charge in [-0.1, -0.05) is 12.1 Å². The van der Waals surface area contributed by atoms with Crippen molar-refractivity contribution in [2.75, 3.05) is 39.3 Å². The molecule has 0 bridgehead atoms. The molecule has 2 fully saturated rings. The van der Waals surface area contributed by atoms with Gasteiger partial charge in [0.2, 0.25) is 11.8 Å². The number of halogens is 2. The van der Waals surface area contributed by atoms with Gasteiger partial charge in [0.15, 0.2) is 0 Å². The van der Waals surface area contributed by atoms with Gasteiger partial charge in [0, 0.05) is 19.6 Å². The fraction of sp³-hybridized carbons (Fsp3) is 0.619. The van der Waals surface area contributed by atoms with Gasteiger partial charge in [-0.05, 0) is 68.8 Å². The third kappa shape index (κ3) is 7.91. The highest BCUT2D eigenvalue weighted by Gasteiger charge is 2.25. The van der Waals surface area contributed by atoms with Crippen LogP contribution in [0.4, 0.5) is 4.39 Å². The summed E-state index contributed by atoms with van der Waals surface area (Å²) in [6, 6.07) is 6.32. The zero-order valence-corrected chi connectivity index (χ0v) is 17.6. The maximum atomic E-state index is 12.9. The lowest BCUT2D eigenvalue weighted by Crippen LogP contribution is -2.47. The van der Waals surface area contributed by atoms with Crippen molar-refractivity contribution < 1.29 is 14.0 Å². The summed E-state index contributed by atoms with van der Waals surface area (Å²) >= 11 is 0. The van der Waals surface area contributed by atoms with Crippen LogP contribution in [0, 0.1) is 11.7 Å². The highest BCUT2D eigenvalue weighted by atomic mass is 35.5. The molecule has 2 atom stereocenters. The molecule has 0 spiro atoms. The summed E-state index contributed by atoms with van der Waals surface area (Å²) in [5.41, 5.74) is 1.01. The zero-order valence-electron chi connectivity index (χ0n) is 16.8. The quantitative estimate of drug-likeness (QED) is 0.588. The normalized spacial score (nSPS) is 22.0. The van der Waals surface area contributed by atoms with Crippen LogP contribution in [0.15, 0.2) is 24.3 Å². The van der Waals surface area contributed by atoms with Crippen molar-refractivity contribution in [1.29, 1.82) is 0 Å². The summed E-state index contributed by atoms with van der Waals surface area (Å²) in [5, 5.41) is 9.23. The van der Waals surface area contributed by atoms with E-state index in [1.54, 1.807) is 12.1 Å². The maximum Gasteiger partial charge on any atom is 0.237 e. The summed E-state index contributed by atoms with van der Waals surface area (Å²) in [6.45, 7) is 4.29. The van der Waals surface area contributed by atoms with Gasteiger partial charge in [0.1, 0.15) is 5.82 Å². The third-order valence-electron chi connectivity index (χ3n) is 5.56. The Kier molecular flexibility index (Phi) is 9.84. The minimum absolute atomic E-state index is 0. The first kappa shape index (κ1) is 23.6. The SMILES string of the molecule is Cl.O=C(CN1CCCC(CNC(=O)C2CCCN2)C1)NCCc1ccc(F)cc1. The van der Waals surface area contributed by atoms with Crippen molar-refractivity contribution in [2.24, 2.45) is 5.92 Å². The van der Waals surface area contributed by atoms with Crippen LogP contribution >= 0.6 is 12.4 Å². The number of hydrogen-bond donors (Lipinski definition) is 3. The molecule has 3 N–H and O–H groups in total. The summed E-state index contributed by atoms with van der Waals surface area (Å²) in [5.74, 6) is 0.268. The molecule has 8 heteroatoms. The number of amides is 2. The molecule has 0 aliphatic carbocycles. The Morgan fingerprint density at radius 3 is 2.66 bits per heavy atom. The van der Waals surface area contributed by atoms with Crippen molar-refractivity contribution >= 4 is 24.2 Å². The predicted octanol–water partition coefficient (Wildman–Crippen LogP) is 1.49. The van der Waals surface area contributed by atoms with Crippen molar-refractivity contribution in [1.82, 2.24) is 20.9 Å². The number of piperidine rings is 1. The van der Waals surface area contributed by atoms with Crippen LogP contribution in [-0.4, -0.2) is 62.0 Å². The first-order valence-electron chi connectivity index (χ1n) is 10.3. The van der Waals surface area contributed by atoms with Gasteiger partial charge < -0.3 is 16.0 Å². The van der Waals surface area contributed by atoms with Gasteiger partial charge in [0.25, 0.3) is 0 Å². The Balaban J connectivity index is 0.00000300. The van der Waals surface area contributed by atoms with Crippen LogP contribution in [0.25, 0.3) is 0 Å². The number of hydrogen-bond acceptors (Lipinski definition) is 4. The van der Waals surface area contributed by atoms with E-state index in [1.165, 1.54) is 12.1 Å². The van der Waals surface area contributed by atoms with E-state index in [2.05, 4.69) is 20.9 Å². The van der Waals surface area contributed by atoms with Crippen molar-refractivity contribution in [3.05, 3.63) is 35.6 Å². The van der Waals surface area contributed by atoms with E-state index in [1.807, 2.05) is 0 Å². The minimum atomic E-state index is -0.247. The van der Waals surface area contributed by atoms with E-state index in [0.29, 0.717) is 32.0 Å². The van der Waals surface area contributed by atoms with Gasteiger partial charge in [0.05, 0.1) is 12.6 Å². The van der Waals surface area contributed by atoms with E-state index in [9.17, 15) is 14.0 Å². The Hall–Kier alpha value is -1.70. The zero-order chi connectivity index (χ0) is 19.8. The Morgan fingerprint density at radius 1 is 1.14 bits per heavy atom. The van der Waals surface area contributed by atoms with E-state index >= 15 is 0 Å². The van der Waals surface area contributed by atoms with Gasteiger partial charge >= 0.3 is 0 Å². The molecule has 2 unspecified atom stereocenters.